The third-order valence-corrected chi connectivity index (χ3v) is 18.5. The Bertz CT molecular complexity index is 2670. The first-order valence-electron chi connectivity index (χ1n) is 41.1. The molecule has 0 aromatic heterocycles. The van der Waals surface area contributed by atoms with Crippen molar-refractivity contribution in [2.24, 2.45) is 0 Å². The van der Waals surface area contributed by atoms with E-state index in [1.807, 2.05) is 0 Å². The Morgan fingerprint density at radius 2 is 0.467 bits per heavy atom. The maximum absolute atomic E-state index is 13.0. The van der Waals surface area contributed by atoms with Crippen molar-refractivity contribution < 1.29 is 75.8 Å². The molecule has 18 heteroatoms. The van der Waals surface area contributed by atoms with Crippen molar-refractivity contribution >= 4 is 33.6 Å². The molecule has 0 spiro atoms. The van der Waals surface area contributed by atoms with Gasteiger partial charge in [0, 0.05) is 19.3 Å². The quantitative estimate of drug-likeness (QED) is 0.0146. The molecule has 0 aromatic rings. The van der Waals surface area contributed by atoms with Crippen LogP contribution < -0.4 is 0 Å². The normalized spacial score (nSPS) is 14.9. The van der Waals surface area contributed by atoms with Gasteiger partial charge in [-0.3, -0.25) is 32.5 Å². The van der Waals surface area contributed by atoms with Crippen molar-refractivity contribution in [2.45, 2.75) is 322 Å². The van der Waals surface area contributed by atoms with Gasteiger partial charge in [0.15, 0.2) is 6.10 Å². The van der Waals surface area contributed by atoms with Gasteiger partial charge in [0.25, 0.3) is 0 Å². The van der Waals surface area contributed by atoms with Crippen LogP contribution in [0.25, 0.3) is 0 Å². The standard InChI is InChI=1S/C89H146O16P2/c1-4-7-10-13-16-19-22-25-28-30-32-34-36-37-38-39-40-41-42-43-44-45-47-49-50-52-55-57-60-63-66-69-72-75-87(92)99-78-84(90)79-101-106(95,96)102-80-85(91)81-103-107(97,98)104-83-86(105-89(94)77-74-71-68-65-62-59-54-27-24-21-18-15-12-9-6-3)82-100-88(93)76-73-70-67-64-61-58-56-53-51-48-46-35-33-31-29-26-23-20-17-14-11-8-5-2/h7-12,16-21,25-29,32-35,37-38,40-41,48,51,54,56,58,84-86,90-91H,4-6,13-15,22-24,30-31,36,39,42-47,49-50,52-53,55,57,59-83H2,1-3H3,(H,95,96)(H,97,98)/b10-7-,11-8-,12-9-,19-16-,20-17-,21-18-,28-25-,29-26-,34-32-,35-33-,38-37-,41-40-,51-48-,54-27-,58-56-. The molecule has 0 rings (SSSR count). The molecule has 608 valence electrons. The highest BCUT2D eigenvalue weighted by Crippen LogP contribution is 2.45. The number of allylic oxidation sites excluding steroid dienone is 30. The third-order valence-electron chi connectivity index (χ3n) is 16.6. The predicted molar refractivity (Wildman–Crippen MR) is 445 cm³/mol. The summed E-state index contributed by atoms with van der Waals surface area (Å²) in [4.78, 5) is 58.7. The number of carbonyl (C=O) groups is 3. The second-order valence-corrected chi connectivity index (χ2v) is 29.7. The topological polar surface area (TPSA) is 231 Å². The number of aliphatic hydroxyl groups excluding tert-OH is 2. The number of esters is 3. The van der Waals surface area contributed by atoms with Gasteiger partial charge >= 0.3 is 33.6 Å². The summed E-state index contributed by atoms with van der Waals surface area (Å²) >= 11 is 0. The monoisotopic (exact) mass is 1530 g/mol. The maximum Gasteiger partial charge on any atom is 0.472 e. The SMILES string of the molecule is CC/C=C\C/C=C\C/C=C\C/C=C\C/C=C\C/C=C\CCCCCCCCCCCCCCCCC(=O)OCC(O)COP(=O)(O)OCC(O)COP(=O)(O)OCC(COC(=O)CCCCCC/C=C\C/C=C\C/C=C\C/C=C\C/C=C\C/C=C\CC)OC(=O)CCCCCCC/C=C\C/C=C\C/C=C\CC. The van der Waals surface area contributed by atoms with E-state index in [-0.39, 0.29) is 19.3 Å². The molecule has 0 amide bonds. The molecule has 0 fully saturated rings. The summed E-state index contributed by atoms with van der Waals surface area (Å²) in [5.41, 5.74) is 0. The highest BCUT2D eigenvalue weighted by Gasteiger charge is 2.29. The molecule has 5 atom stereocenters. The van der Waals surface area contributed by atoms with Crippen molar-refractivity contribution in [3.63, 3.8) is 0 Å². The fourth-order valence-corrected chi connectivity index (χ4v) is 12.1. The molecule has 0 saturated carbocycles. The van der Waals surface area contributed by atoms with Crippen LogP contribution in [0.2, 0.25) is 0 Å². The Hall–Kier alpha value is -5.35. The first-order chi connectivity index (χ1) is 52.2. The number of phosphoric ester groups is 2. The lowest BCUT2D eigenvalue weighted by Crippen LogP contribution is -2.30. The zero-order valence-electron chi connectivity index (χ0n) is 66.5. The third kappa shape index (κ3) is 81.5. The molecule has 107 heavy (non-hydrogen) atoms. The number of aliphatic hydroxyl groups is 2. The fourth-order valence-electron chi connectivity index (χ4n) is 10.5. The molecule has 0 aliphatic carbocycles. The van der Waals surface area contributed by atoms with Crippen LogP contribution in [0.4, 0.5) is 0 Å². The molecule has 0 bridgehead atoms. The van der Waals surface area contributed by atoms with E-state index in [1.54, 1.807) is 0 Å². The second-order valence-electron chi connectivity index (χ2n) is 26.8. The number of ether oxygens (including phenoxy) is 3. The van der Waals surface area contributed by atoms with E-state index >= 15 is 0 Å². The summed E-state index contributed by atoms with van der Waals surface area (Å²) in [6, 6.07) is 0. The molecular weight excluding hydrogens is 1390 g/mol. The van der Waals surface area contributed by atoms with Gasteiger partial charge in [-0.15, -0.1) is 0 Å². The van der Waals surface area contributed by atoms with Gasteiger partial charge in [-0.05, 0) is 154 Å². The number of unbranched alkanes of at least 4 members (excludes halogenated alkanes) is 23. The van der Waals surface area contributed by atoms with Crippen LogP contribution >= 0.6 is 15.6 Å². The average molecular weight is 1530 g/mol. The minimum atomic E-state index is -4.95. The van der Waals surface area contributed by atoms with Crippen molar-refractivity contribution in [3.8, 4) is 0 Å². The molecule has 0 saturated heterocycles. The summed E-state index contributed by atoms with van der Waals surface area (Å²) in [6.45, 7) is 2.28. The summed E-state index contributed by atoms with van der Waals surface area (Å²) in [5.74, 6) is -1.63. The lowest BCUT2D eigenvalue weighted by Gasteiger charge is -2.21. The maximum atomic E-state index is 13.0. The van der Waals surface area contributed by atoms with Crippen molar-refractivity contribution in [3.05, 3.63) is 182 Å². The van der Waals surface area contributed by atoms with Gasteiger partial charge in [0.1, 0.15) is 25.4 Å². The number of hydrogen-bond donors (Lipinski definition) is 4. The first-order valence-corrected chi connectivity index (χ1v) is 44.1. The summed E-state index contributed by atoms with van der Waals surface area (Å²) in [6.07, 6.45) is 104. The van der Waals surface area contributed by atoms with E-state index in [0.717, 1.165) is 180 Å². The van der Waals surface area contributed by atoms with Crippen LogP contribution in [0.3, 0.4) is 0 Å². The Morgan fingerprint density at radius 1 is 0.262 bits per heavy atom. The number of rotatable bonds is 76. The van der Waals surface area contributed by atoms with Crippen LogP contribution in [0.15, 0.2) is 182 Å². The molecule has 4 N–H and O–H groups in total. The van der Waals surface area contributed by atoms with E-state index in [0.29, 0.717) is 19.3 Å². The van der Waals surface area contributed by atoms with Crippen LogP contribution in [0.1, 0.15) is 303 Å². The predicted octanol–water partition coefficient (Wildman–Crippen LogP) is 24.5. The number of carbonyl (C=O) groups excluding carboxylic acids is 3. The minimum absolute atomic E-state index is 0.0730. The second kappa shape index (κ2) is 80.2. The molecule has 0 aromatic carbocycles. The smallest absolute Gasteiger partial charge is 0.463 e. The highest BCUT2D eigenvalue weighted by atomic mass is 31.2. The van der Waals surface area contributed by atoms with Crippen LogP contribution in [0.5, 0.6) is 0 Å². The molecule has 0 aliphatic heterocycles. The molecular formula is C89H146O16P2. The zero-order chi connectivity index (χ0) is 78.0. The highest BCUT2D eigenvalue weighted by molar-refractivity contribution is 7.47. The van der Waals surface area contributed by atoms with Crippen molar-refractivity contribution in [1.82, 2.24) is 0 Å². The fraction of sp³-hybridized carbons (Fsp3) is 0.629. The Kier molecular flexibility index (Phi) is 76.2. The van der Waals surface area contributed by atoms with E-state index in [1.165, 1.54) is 64.2 Å². The Labute approximate surface area is 649 Å². The molecule has 0 aliphatic rings. The van der Waals surface area contributed by atoms with E-state index < -0.39 is 91.5 Å². The van der Waals surface area contributed by atoms with Gasteiger partial charge < -0.3 is 34.2 Å². The summed E-state index contributed by atoms with van der Waals surface area (Å²) in [7, 11) is -9.82. The number of hydrogen-bond acceptors (Lipinski definition) is 14. The van der Waals surface area contributed by atoms with Gasteiger partial charge in [-0.2, -0.15) is 0 Å². The van der Waals surface area contributed by atoms with E-state index in [4.69, 9.17) is 32.3 Å². The average Bonchev–Trinajstić information content (AvgIpc) is 0.908. The minimum Gasteiger partial charge on any atom is -0.463 e. The Morgan fingerprint density at radius 3 is 0.738 bits per heavy atom. The van der Waals surface area contributed by atoms with Gasteiger partial charge in [-0.25, -0.2) is 9.13 Å². The van der Waals surface area contributed by atoms with Gasteiger partial charge in [-0.1, -0.05) is 312 Å². The zero-order valence-corrected chi connectivity index (χ0v) is 68.3. The van der Waals surface area contributed by atoms with E-state index in [2.05, 4.69) is 203 Å². The summed E-state index contributed by atoms with van der Waals surface area (Å²) in [5, 5.41) is 20.7. The molecule has 0 radical (unpaired) electrons. The molecule has 16 nitrogen and oxygen atoms in total. The van der Waals surface area contributed by atoms with E-state index in [9.17, 15) is 43.5 Å². The lowest BCUT2D eigenvalue weighted by atomic mass is 10.0. The summed E-state index contributed by atoms with van der Waals surface area (Å²) < 4.78 is 61.2. The molecule has 0 heterocycles. The van der Waals surface area contributed by atoms with Gasteiger partial charge in [0.2, 0.25) is 0 Å². The van der Waals surface area contributed by atoms with Crippen LogP contribution in [-0.2, 0) is 55.8 Å². The largest absolute Gasteiger partial charge is 0.472 e. The molecule has 5 unspecified atom stereocenters. The van der Waals surface area contributed by atoms with Gasteiger partial charge in [0.05, 0.1) is 26.4 Å². The van der Waals surface area contributed by atoms with Crippen molar-refractivity contribution in [2.75, 3.05) is 39.6 Å². The van der Waals surface area contributed by atoms with Crippen LogP contribution in [-0.4, -0.2) is 95.9 Å². The first kappa shape index (κ1) is 102. The lowest BCUT2D eigenvalue weighted by molar-refractivity contribution is -0.161. The number of phosphoric acid groups is 2. The Balaban J connectivity index is 4.52. The van der Waals surface area contributed by atoms with Crippen molar-refractivity contribution in [1.29, 1.82) is 0 Å². The van der Waals surface area contributed by atoms with Crippen LogP contribution in [0, 0.1) is 0 Å².